The van der Waals surface area contributed by atoms with Gasteiger partial charge in [-0.15, -0.1) is 0 Å². The van der Waals surface area contributed by atoms with Crippen LogP contribution in [0.2, 0.25) is 0 Å². The van der Waals surface area contributed by atoms with Crippen LogP contribution in [0.25, 0.3) is 0 Å². The molecule has 7 atom stereocenters. The van der Waals surface area contributed by atoms with Gasteiger partial charge in [0.25, 0.3) is 0 Å². The van der Waals surface area contributed by atoms with E-state index in [1.807, 2.05) is 0 Å². The largest absolute Gasteiger partial charge is 0.599 e. The smallest absolute Gasteiger partial charge is 0.209 e. The molecule has 2 aliphatic heterocycles. The molecule has 0 amide bonds. The quantitative estimate of drug-likeness (QED) is 0.550. The van der Waals surface area contributed by atoms with E-state index >= 15 is 0 Å². The lowest BCUT2D eigenvalue weighted by Crippen LogP contribution is -2.58. The molecular weight excluding hydrogens is 264 g/mol. The van der Waals surface area contributed by atoms with Crippen LogP contribution in [-0.2, 0) is 0 Å². The van der Waals surface area contributed by atoms with Crippen molar-refractivity contribution in [2.24, 2.45) is 39.3 Å². The Morgan fingerprint density at radius 3 is 2.76 bits per heavy atom. The van der Waals surface area contributed by atoms with E-state index in [4.69, 9.17) is 5.10 Å². The van der Waals surface area contributed by atoms with Crippen molar-refractivity contribution in [2.75, 3.05) is 0 Å². The number of rotatable bonds is 0. The van der Waals surface area contributed by atoms with E-state index in [0.717, 1.165) is 4.86 Å². The van der Waals surface area contributed by atoms with Crippen molar-refractivity contribution in [1.82, 2.24) is 5.43 Å². The van der Waals surface area contributed by atoms with Gasteiger partial charge in [-0.1, -0.05) is 25.1 Å². The fraction of sp³-hybridized carbons (Fsp3) is 0.938. The summed E-state index contributed by atoms with van der Waals surface area (Å²) in [6.45, 7) is 8.88. The third-order valence-electron chi connectivity index (χ3n) is 8.32. The lowest BCUT2D eigenvalue weighted by Gasteiger charge is -2.42. The normalized spacial score (nSPS) is 58.4. The SMILES string of the molecule is CC12NN=C3C4CCC[C@@H]4[C@@H]4N=[N+]([O-])[C@@](C)(C4[C@@H]31)C2(C)C. The average molecular weight is 288 g/mol. The van der Waals surface area contributed by atoms with Crippen molar-refractivity contribution >= 4 is 5.71 Å². The van der Waals surface area contributed by atoms with Gasteiger partial charge < -0.3 is 10.6 Å². The van der Waals surface area contributed by atoms with Crippen LogP contribution in [0.3, 0.4) is 0 Å². The molecule has 3 fully saturated rings. The molecule has 5 nitrogen and oxygen atoms in total. The number of nitrogens with one attached hydrogen (secondary N) is 1. The first-order chi connectivity index (χ1) is 9.84. The number of hydrogen-bond donors (Lipinski definition) is 1. The van der Waals surface area contributed by atoms with Crippen LogP contribution in [0, 0.1) is 34.3 Å². The van der Waals surface area contributed by atoms with Gasteiger partial charge >= 0.3 is 0 Å². The predicted molar refractivity (Wildman–Crippen MR) is 78.8 cm³/mol. The van der Waals surface area contributed by atoms with Crippen LogP contribution in [0.5, 0.6) is 0 Å². The molecule has 3 unspecified atom stereocenters. The van der Waals surface area contributed by atoms with Gasteiger partial charge in [0.15, 0.2) is 0 Å². The summed E-state index contributed by atoms with van der Waals surface area (Å²) in [6.07, 6.45) is 3.70. The Morgan fingerprint density at radius 2 is 2.00 bits per heavy atom. The van der Waals surface area contributed by atoms with Crippen molar-refractivity contribution in [3.05, 3.63) is 5.21 Å². The standard InChI is InChI=1S/C16H24N4O/c1-14(2)15(3)10-11-13(18-20(21)16(11,14)4)9-7-5-6-8(9)12(10)17-19-15/h8-11,13,19H,5-7H2,1-4H3/t8?,9-,10-,11?,13-,15?,16-/m0/s1. The van der Waals surface area contributed by atoms with Crippen molar-refractivity contribution in [1.29, 1.82) is 0 Å². The van der Waals surface area contributed by atoms with Crippen molar-refractivity contribution in [3.63, 3.8) is 0 Å². The van der Waals surface area contributed by atoms with Crippen LogP contribution >= 0.6 is 0 Å². The third kappa shape index (κ3) is 0.958. The van der Waals surface area contributed by atoms with E-state index < -0.39 is 5.54 Å². The second-order valence-electron chi connectivity index (χ2n) is 8.71. The average Bonchev–Trinajstić information content (AvgIpc) is 3.10. The number of hydrogen-bond acceptors (Lipinski definition) is 4. The Bertz CT molecular complexity index is 611. The molecule has 3 saturated carbocycles. The second-order valence-corrected chi connectivity index (χ2v) is 8.71. The minimum Gasteiger partial charge on any atom is -0.599 e. The molecule has 0 radical (unpaired) electrons. The highest BCUT2D eigenvalue weighted by Crippen LogP contribution is 2.69. The fourth-order valence-electron chi connectivity index (χ4n) is 6.59. The Morgan fingerprint density at radius 1 is 1.24 bits per heavy atom. The molecule has 0 aromatic rings. The second kappa shape index (κ2) is 3.13. The van der Waals surface area contributed by atoms with Crippen LogP contribution in [0.4, 0.5) is 0 Å². The molecule has 2 heterocycles. The molecule has 21 heavy (non-hydrogen) atoms. The summed E-state index contributed by atoms with van der Waals surface area (Å²) in [7, 11) is 0. The Hall–Kier alpha value is -1.13. The minimum absolute atomic E-state index is 0.119. The van der Waals surface area contributed by atoms with Crippen molar-refractivity contribution < 1.29 is 4.86 Å². The van der Waals surface area contributed by atoms with Gasteiger partial charge in [-0.05, 0) is 30.8 Å². The first-order valence-corrected chi connectivity index (χ1v) is 8.37. The maximum atomic E-state index is 12.8. The number of azo groups is 1. The molecule has 3 aliphatic carbocycles. The highest BCUT2D eigenvalue weighted by atomic mass is 16.5. The van der Waals surface area contributed by atoms with Gasteiger partial charge in [0.05, 0.1) is 16.9 Å². The molecule has 114 valence electrons. The molecule has 0 bridgehead atoms. The van der Waals surface area contributed by atoms with E-state index in [2.05, 4.69) is 38.2 Å². The Kier molecular flexibility index (Phi) is 1.85. The maximum Gasteiger partial charge on any atom is 0.209 e. The van der Waals surface area contributed by atoms with Crippen molar-refractivity contribution in [2.45, 2.75) is 64.1 Å². The molecule has 0 saturated heterocycles. The van der Waals surface area contributed by atoms with Crippen molar-refractivity contribution in [3.8, 4) is 0 Å². The van der Waals surface area contributed by atoms with E-state index in [0.29, 0.717) is 23.7 Å². The number of hydroxylamine groups is 1. The topological polar surface area (TPSA) is 62.8 Å². The van der Waals surface area contributed by atoms with Crippen LogP contribution in [0.1, 0.15) is 47.0 Å². The highest BCUT2D eigenvalue weighted by molar-refractivity contribution is 5.94. The molecule has 5 aliphatic rings. The highest BCUT2D eigenvalue weighted by Gasteiger charge is 2.83. The number of hydrazone groups is 1. The zero-order valence-corrected chi connectivity index (χ0v) is 13.3. The minimum atomic E-state index is -0.418. The van der Waals surface area contributed by atoms with E-state index in [-0.39, 0.29) is 17.0 Å². The molecular formula is C16H24N4O. The molecule has 5 heteroatoms. The molecule has 0 aromatic heterocycles. The lowest BCUT2D eigenvalue weighted by molar-refractivity contribution is -0.613. The summed E-state index contributed by atoms with van der Waals surface area (Å²) in [5, 5.41) is 22.3. The van der Waals surface area contributed by atoms with Crippen LogP contribution in [-0.4, -0.2) is 27.7 Å². The van der Waals surface area contributed by atoms with E-state index in [1.54, 1.807) is 0 Å². The van der Waals surface area contributed by atoms with E-state index in [1.165, 1.54) is 25.0 Å². The zero-order chi connectivity index (χ0) is 14.8. The van der Waals surface area contributed by atoms with Crippen LogP contribution in [0.15, 0.2) is 10.2 Å². The lowest BCUT2D eigenvalue weighted by atomic mass is 9.62. The monoisotopic (exact) mass is 288 g/mol. The molecule has 5 rings (SSSR count). The summed E-state index contributed by atoms with van der Waals surface area (Å²) in [4.78, 5) is 1.09. The van der Waals surface area contributed by atoms with E-state index in [9.17, 15) is 5.21 Å². The summed E-state index contributed by atoms with van der Waals surface area (Å²) in [6, 6.07) is 0.213. The van der Waals surface area contributed by atoms with Gasteiger partial charge in [0.1, 0.15) is 6.04 Å². The van der Waals surface area contributed by atoms with Gasteiger partial charge in [-0.3, -0.25) is 0 Å². The summed E-state index contributed by atoms with van der Waals surface area (Å²) in [5.74, 6) is 1.80. The van der Waals surface area contributed by atoms with Crippen LogP contribution < -0.4 is 5.43 Å². The first kappa shape index (κ1) is 12.4. The number of nitrogens with zero attached hydrogens (tertiary/aromatic N) is 3. The van der Waals surface area contributed by atoms with Gasteiger partial charge in [0, 0.05) is 24.5 Å². The zero-order valence-electron chi connectivity index (χ0n) is 13.3. The third-order valence-corrected chi connectivity index (χ3v) is 8.32. The maximum absolute atomic E-state index is 12.8. The fourth-order valence-corrected chi connectivity index (χ4v) is 6.59. The summed E-state index contributed by atoms with van der Waals surface area (Å²) in [5.41, 5.74) is 4.14. The first-order valence-electron chi connectivity index (χ1n) is 8.37. The number of fused-ring (bicyclic) bond motifs is 3. The van der Waals surface area contributed by atoms with Gasteiger partial charge in [0.2, 0.25) is 5.54 Å². The molecule has 1 N–H and O–H groups in total. The Balaban J connectivity index is 1.79. The molecule has 0 spiro atoms. The Labute approximate surface area is 125 Å². The molecule has 0 aromatic carbocycles. The van der Waals surface area contributed by atoms with Gasteiger partial charge in [-0.25, -0.2) is 0 Å². The predicted octanol–water partition coefficient (Wildman–Crippen LogP) is 2.51. The van der Waals surface area contributed by atoms with Gasteiger partial charge in [-0.2, -0.15) is 5.10 Å². The summed E-state index contributed by atoms with van der Waals surface area (Å²) < 4.78 is 0. The summed E-state index contributed by atoms with van der Waals surface area (Å²) >= 11 is 0.